The third-order valence-electron chi connectivity index (χ3n) is 2.89. The number of methoxy groups -OCH3 is 1. The Morgan fingerprint density at radius 1 is 1.75 bits per heavy atom. The molecule has 0 amide bonds. The second-order valence-electron chi connectivity index (χ2n) is 3.91. The molecule has 0 spiro atoms. The summed E-state index contributed by atoms with van der Waals surface area (Å²) in [5.41, 5.74) is 5.23. The number of esters is 1. The number of carbonyl (C=O) groups is 1. The SMILES string of the molecule is COC(=O)C1(CN)CC1C(C)C. The van der Waals surface area contributed by atoms with E-state index in [9.17, 15) is 4.79 Å². The molecule has 1 aliphatic rings. The molecule has 0 aromatic carbocycles. The zero-order chi connectivity index (χ0) is 9.35. The molecule has 0 saturated heterocycles. The fraction of sp³-hybridized carbons (Fsp3) is 0.889. The van der Waals surface area contributed by atoms with Crippen LogP contribution >= 0.6 is 0 Å². The van der Waals surface area contributed by atoms with Gasteiger partial charge in [-0.1, -0.05) is 13.8 Å². The van der Waals surface area contributed by atoms with Crippen LogP contribution in [0.15, 0.2) is 0 Å². The molecule has 0 bridgehead atoms. The third-order valence-corrected chi connectivity index (χ3v) is 2.89. The van der Waals surface area contributed by atoms with Crippen molar-refractivity contribution in [2.75, 3.05) is 13.7 Å². The lowest BCUT2D eigenvalue weighted by atomic mass is 9.97. The summed E-state index contributed by atoms with van der Waals surface area (Å²) in [6.07, 6.45) is 0.897. The topological polar surface area (TPSA) is 52.3 Å². The monoisotopic (exact) mass is 171 g/mol. The summed E-state index contributed by atoms with van der Waals surface area (Å²) in [4.78, 5) is 11.3. The van der Waals surface area contributed by atoms with Crippen molar-refractivity contribution in [3.63, 3.8) is 0 Å². The first-order chi connectivity index (χ1) is 5.58. The van der Waals surface area contributed by atoms with Gasteiger partial charge >= 0.3 is 5.97 Å². The number of carbonyl (C=O) groups excluding carboxylic acids is 1. The van der Waals surface area contributed by atoms with Gasteiger partial charge < -0.3 is 10.5 Å². The maximum Gasteiger partial charge on any atom is 0.313 e. The molecule has 0 heterocycles. The number of hydrogen-bond acceptors (Lipinski definition) is 3. The van der Waals surface area contributed by atoms with Crippen molar-refractivity contribution in [1.29, 1.82) is 0 Å². The summed E-state index contributed by atoms with van der Waals surface area (Å²) < 4.78 is 4.73. The minimum Gasteiger partial charge on any atom is -0.469 e. The Balaban J connectivity index is 2.64. The van der Waals surface area contributed by atoms with E-state index in [-0.39, 0.29) is 11.4 Å². The summed E-state index contributed by atoms with van der Waals surface area (Å²) in [6.45, 7) is 4.65. The van der Waals surface area contributed by atoms with Crippen LogP contribution < -0.4 is 5.73 Å². The van der Waals surface area contributed by atoms with Gasteiger partial charge in [-0.15, -0.1) is 0 Å². The lowest BCUT2D eigenvalue weighted by Crippen LogP contribution is -2.29. The fourth-order valence-electron chi connectivity index (χ4n) is 1.96. The van der Waals surface area contributed by atoms with Gasteiger partial charge in [0.15, 0.2) is 0 Å². The largest absolute Gasteiger partial charge is 0.469 e. The normalized spacial score (nSPS) is 33.6. The van der Waals surface area contributed by atoms with Gasteiger partial charge in [-0.2, -0.15) is 0 Å². The van der Waals surface area contributed by atoms with Crippen molar-refractivity contribution >= 4 is 5.97 Å². The van der Waals surface area contributed by atoms with Crippen LogP contribution in [0, 0.1) is 17.3 Å². The molecule has 2 atom stereocenters. The summed E-state index contributed by atoms with van der Waals surface area (Å²) in [5, 5.41) is 0. The Kier molecular flexibility index (Phi) is 2.42. The number of nitrogens with two attached hydrogens (primary N) is 1. The van der Waals surface area contributed by atoms with Gasteiger partial charge in [0.05, 0.1) is 12.5 Å². The zero-order valence-corrected chi connectivity index (χ0v) is 7.96. The minimum atomic E-state index is -0.344. The number of ether oxygens (including phenoxy) is 1. The predicted molar refractivity (Wildman–Crippen MR) is 46.4 cm³/mol. The maximum atomic E-state index is 11.3. The van der Waals surface area contributed by atoms with Gasteiger partial charge in [-0.25, -0.2) is 0 Å². The van der Waals surface area contributed by atoms with E-state index in [4.69, 9.17) is 10.5 Å². The van der Waals surface area contributed by atoms with Crippen molar-refractivity contribution in [1.82, 2.24) is 0 Å². The molecule has 1 saturated carbocycles. The van der Waals surface area contributed by atoms with Crippen LogP contribution in [0.3, 0.4) is 0 Å². The molecule has 0 aromatic heterocycles. The van der Waals surface area contributed by atoms with E-state index in [1.807, 2.05) is 0 Å². The molecule has 3 heteroatoms. The molecular weight excluding hydrogens is 154 g/mol. The Morgan fingerprint density at radius 2 is 2.33 bits per heavy atom. The maximum absolute atomic E-state index is 11.3. The Bertz CT molecular complexity index is 191. The van der Waals surface area contributed by atoms with E-state index in [2.05, 4.69) is 13.8 Å². The molecule has 12 heavy (non-hydrogen) atoms. The summed E-state index contributed by atoms with van der Waals surface area (Å²) in [6, 6.07) is 0. The van der Waals surface area contributed by atoms with Crippen LogP contribution in [0.1, 0.15) is 20.3 Å². The fourth-order valence-corrected chi connectivity index (χ4v) is 1.96. The molecule has 1 fully saturated rings. The van der Waals surface area contributed by atoms with E-state index in [0.29, 0.717) is 18.4 Å². The van der Waals surface area contributed by atoms with Crippen LogP contribution in [0.2, 0.25) is 0 Å². The average Bonchev–Trinajstić information content (AvgIpc) is 2.79. The van der Waals surface area contributed by atoms with E-state index in [1.165, 1.54) is 7.11 Å². The standard InChI is InChI=1S/C9H17NO2/c1-6(2)7-4-9(7,5-10)8(11)12-3/h6-7H,4-5,10H2,1-3H3. The third kappa shape index (κ3) is 1.22. The van der Waals surface area contributed by atoms with Crippen LogP contribution in [-0.4, -0.2) is 19.6 Å². The van der Waals surface area contributed by atoms with Crippen molar-refractivity contribution in [3.8, 4) is 0 Å². The van der Waals surface area contributed by atoms with E-state index in [0.717, 1.165) is 6.42 Å². The van der Waals surface area contributed by atoms with E-state index in [1.54, 1.807) is 0 Å². The number of hydrogen-bond donors (Lipinski definition) is 1. The minimum absolute atomic E-state index is 0.135. The zero-order valence-electron chi connectivity index (χ0n) is 7.96. The lowest BCUT2D eigenvalue weighted by molar-refractivity contribution is -0.147. The first-order valence-corrected chi connectivity index (χ1v) is 4.37. The summed E-state index contributed by atoms with van der Waals surface area (Å²) in [5.74, 6) is 0.811. The number of rotatable bonds is 3. The van der Waals surface area contributed by atoms with Gasteiger partial charge in [0, 0.05) is 6.54 Å². The van der Waals surface area contributed by atoms with Gasteiger partial charge in [-0.05, 0) is 18.3 Å². The first kappa shape index (κ1) is 9.52. The quantitative estimate of drug-likeness (QED) is 0.638. The van der Waals surface area contributed by atoms with Crippen molar-refractivity contribution in [2.45, 2.75) is 20.3 Å². The van der Waals surface area contributed by atoms with Crippen LogP contribution in [0.4, 0.5) is 0 Å². The van der Waals surface area contributed by atoms with Crippen LogP contribution in [0.25, 0.3) is 0 Å². The smallest absolute Gasteiger partial charge is 0.313 e. The van der Waals surface area contributed by atoms with Crippen molar-refractivity contribution in [2.24, 2.45) is 23.0 Å². The van der Waals surface area contributed by atoms with Gasteiger partial charge in [-0.3, -0.25) is 4.79 Å². The molecule has 1 rings (SSSR count). The average molecular weight is 171 g/mol. The van der Waals surface area contributed by atoms with Gasteiger partial charge in [0.2, 0.25) is 0 Å². The summed E-state index contributed by atoms with van der Waals surface area (Å²) in [7, 11) is 1.43. The van der Waals surface area contributed by atoms with Gasteiger partial charge in [0.25, 0.3) is 0 Å². The predicted octanol–water partition coefficient (Wildman–Crippen LogP) is 0.780. The van der Waals surface area contributed by atoms with Crippen molar-refractivity contribution in [3.05, 3.63) is 0 Å². The highest BCUT2D eigenvalue weighted by molar-refractivity contribution is 5.80. The molecule has 2 unspecified atom stereocenters. The second kappa shape index (κ2) is 3.05. The highest BCUT2D eigenvalue weighted by atomic mass is 16.5. The van der Waals surface area contributed by atoms with E-state index >= 15 is 0 Å². The molecule has 0 aromatic rings. The summed E-state index contributed by atoms with van der Waals surface area (Å²) >= 11 is 0. The van der Waals surface area contributed by atoms with E-state index < -0.39 is 0 Å². The highest BCUT2D eigenvalue weighted by Crippen LogP contribution is 2.56. The first-order valence-electron chi connectivity index (χ1n) is 4.37. The Morgan fingerprint density at radius 3 is 2.58 bits per heavy atom. The molecule has 3 nitrogen and oxygen atoms in total. The van der Waals surface area contributed by atoms with Gasteiger partial charge in [0.1, 0.15) is 0 Å². The Hall–Kier alpha value is -0.570. The Labute approximate surface area is 73.3 Å². The van der Waals surface area contributed by atoms with Crippen molar-refractivity contribution < 1.29 is 9.53 Å². The van der Waals surface area contributed by atoms with Crippen LogP contribution in [0.5, 0.6) is 0 Å². The van der Waals surface area contributed by atoms with Crippen LogP contribution in [-0.2, 0) is 9.53 Å². The molecular formula is C9H17NO2. The lowest BCUT2D eigenvalue weighted by Gasteiger charge is -2.13. The molecule has 1 aliphatic carbocycles. The highest BCUT2D eigenvalue weighted by Gasteiger charge is 2.60. The molecule has 2 N–H and O–H groups in total. The molecule has 70 valence electrons. The molecule has 0 radical (unpaired) electrons. The molecule has 0 aliphatic heterocycles. The second-order valence-corrected chi connectivity index (χ2v) is 3.91.